The predicted octanol–water partition coefficient (Wildman–Crippen LogP) is 6.04. The van der Waals surface area contributed by atoms with Crippen LogP contribution < -0.4 is 0 Å². The fourth-order valence-corrected chi connectivity index (χ4v) is 1.98. The number of halogens is 4. The number of unbranched alkanes of at least 4 members (excludes halogenated alkanes) is 1. The van der Waals surface area contributed by atoms with Crippen molar-refractivity contribution in [1.29, 1.82) is 0 Å². The molecule has 1 atom stereocenters. The third kappa shape index (κ3) is 7.30. The van der Waals surface area contributed by atoms with E-state index in [9.17, 15) is 13.2 Å². The van der Waals surface area contributed by atoms with E-state index in [1.54, 1.807) is 18.2 Å². The molecule has 0 fully saturated rings. The largest absolute Gasteiger partial charge is 0.391 e. The van der Waals surface area contributed by atoms with Crippen LogP contribution in [0, 0.1) is 0 Å². The molecule has 1 unspecified atom stereocenters. The first-order valence-corrected chi connectivity index (χ1v) is 6.93. The van der Waals surface area contributed by atoms with Gasteiger partial charge in [0.1, 0.15) is 0 Å². The second-order valence-electron chi connectivity index (χ2n) is 4.31. The number of hydrogen-bond acceptors (Lipinski definition) is 2. The number of rotatable bonds is 6. The Morgan fingerprint density at radius 3 is 2.63 bits per heavy atom. The lowest BCUT2D eigenvalue weighted by Crippen LogP contribution is -2.17. The second kappa shape index (κ2) is 7.62. The molecule has 1 rings (SSSR count). The van der Waals surface area contributed by atoms with Gasteiger partial charge in [-0.2, -0.15) is 23.4 Å². The van der Waals surface area contributed by atoms with Crippen molar-refractivity contribution in [1.82, 2.24) is 0 Å². The fourth-order valence-electron chi connectivity index (χ4n) is 1.59. The summed E-state index contributed by atoms with van der Waals surface area (Å²) in [6.07, 6.45) is -3.13. The van der Waals surface area contributed by atoms with Crippen molar-refractivity contribution in [3.05, 3.63) is 28.7 Å². The summed E-state index contributed by atoms with van der Waals surface area (Å²) in [7, 11) is 0. The van der Waals surface area contributed by atoms with Gasteiger partial charge < -0.3 is 0 Å². The van der Waals surface area contributed by atoms with E-state index in [2.05, 4.69) is 26.2 Å². The minimum atomic E-state index is -4.20. The highest BCUT2D eigenvalue weighted by atomic mass is 79.9. The van der Waals surface area contributed by atoms with Crippen LogP contribution in [0.15, 0.2) is 39.0 Å². The van der Waals surface area contributed by atoms with Crippen molar-refractivity contribution in [2.75, 3.05) is 0 Å². The van der Waals surface area contributed by atoms with Crippen molar-refractivity contribution >= 4 is 21.6 Å². The number of alkyl halides is 3. The summed E-state index contributed by atoms with van der Waals surface area (Å²) in [6.45, 7) is 1.94. The van der Waals surface area contributed by atoms with Crippen LogP contribution in [0.1, 0.15) is 32.6 Å². The number of nitrogens with zero attached hydrogens (tertiary/aromatic N) is 2. The molecule has 0 saturated heterocycles. The summed E-state index contributed by atoms with van der Waals surface area (Å²) >= 11 is 3.28. The zero-order valence-electron chi connectivity index (χ0n) is 10.6. The van der Waals surface area contributed by atoms with Gasteiger partial charge >= 0.3 is 6.18 Å². The Hall–Kier alpha value is -0.910. The van der Waals surface area contributed by atoms with Crippen molar-refractivity contribution in [2.24, 2.45) is 10.2 Å². The Morgan fingerprint density at radius 1 is 1.32 bits per heavy atom. The maximum absolute atomic E-state index is 12.4. The standard InChI is InChI=1S/C13H16BrF3N2/c1-2-3-6-12(9-13(15,16)17)19-18-11-7-4-5-10(14)8-11/h4-5,7-8,12H,2-3,6,9H2,1H3. The Kier molecular flexibility index (Phi) is 6.48. The van der Waals surface area contributed by atoms with Gasteiger partial charge in [-0.1, -0.05) is 41.8 Å². The molecule has 106 valence electrons. The monoisotopic (exact) mass is 336 g/mol. The first-order valence-electron chi connectivity index (χ1n) is 6.14. The lowest BCUT2D eigenvalue weighted by Gasteiger charge is -2.13. The summed E-state index contributed by atoms with van der Waals surface area (Å²) in [5, 5.41) is 7.74. The molecule has 0 bridgehead atoms. The Labute approximate surface area is 119 Å². The Morgan fingerprint density at radius 2 is 2.05 bits per heavy atom. The van der Waals surface area contributed by atoms with Gasteiger partial charge in [0.15, 0.2) is 0 Å². The molecule has 0 N–H and O–H groups in total. The highest BCUT2D eigenvalue weighted by Gasteiger charge is 2.31. The molecular formula is C13H16BrF3N2. The van der Waals surface area contributed by atoms with Gasteiger partial charge in [-0.3, -0.25) is 0 Å². The summed E-state index contributed by atoms with van der Waals surface area (Å²) < 4.78 is 38.1. The van der Waals surface area contributed by atoms with Gasteiger partial charge in [0.2, 0.25) is 0 Å². The number of azo groups is 1. The summed E-state index contributed by atoms with van der Waals surface area (Å²) in [5.41, 5.74) is 0.554. The lowest BCUT2D eigenvalue weighted by molar-refractivity contribution is -0.138. The molecule has 0 saturated carbocycles. The van der Waals surface area contributed by atoms with Gasteiger partial charge in [-0.15, -0.1) is 0 Å². The fraction of sp³-hybridized carbons (Fsp3) is 0.538. The molecule has 0 amide bonds. The quantitative estimate of drug-likeness (QED) is 0.565. The average Bonchev–Trinajstić information content (AvgIpc) is 2.31. The van der Waals surface area contributed by atoms with Crippen LogP contribution >= 0.6 is 15.9 Å². The van der Waals surface area contributed by atoms with Gasteiger partial charge in [0.25, 0.3) is 0 Å². The van der Waals surface area contributed by atoms with Crippen molar-refractivity contribution < 1.29 is 13.2 Å². The van der Waals surface area contributed by atoms with Crippen molar-refractivity contribution in [3.63, 3.8) is 0 Å². The van der Waals surface area contributed by atoms with E-state index in [-0.39, 0.29) is 0 Å². The first kappa shape index (κ1) is 16.1. The van der Waals surface area contributed by atoms with E-state index in [0.29, 0.717) is 12.1 Å². The van der Waals surface area contributed by atoms with Crippen LogP contribution in [0.2, 0.25) is 0 Å². The highest BCUT2D eigenvalue weighted by Crippen LogP contribution is 2.27. The molecule has 0 aliphatic carbocycles. The molecule has 0 heterocycles. The Bertz CT molecular complexity index is 419. The van der Waals surface area contributed by atoms with Crippen LogP contribution in [0.3, 0.4) is 0 Å². The molecule has 0 aliphatic heterocycles. The predicted molar refractivity (Wildman–Crippen MR) is 72.6 cm³/mol. The zero-order chi connectivity index (χ0) is 14.3. The average molecular weight is 337 g/mol. The van der Waals surface area contributed by atoms with E-state index in [4.69, 9.17) is 0 Å². The summed E-state index contributed by atoms with van der Waals surface area (Å²) in [4.78, 5) is 0. The first-order chi connectivity index (χ1) is 8.90. The molecule has 6 heteroatoms. The SMILES string of the molecule is CCCCC(CC(F)(F)F)N=Nc1cccc(Br)c1. The van der Waals surface area contributed by atoms with E-state index in [0.717, 1.165) is 17.3 Å². The third-order valence-corrected chi connectivity index (χ3v) is 3.00. The topological polar surface area (TPSA) is 24.7 Å². The molecule has 0 spiro atoms. The van der Waals surface area contributed by atoms with Crippen LogP contribution in [0.4, 0.5) is 18.9 Å². The molecule has 19 heavy (non-hydrogen) atoms. The maximum atomic E-state index is 12.4. The van der Waals surface area contributed by atoms with Crippen LogP contribution in [-0.4, -0.2) is 12.2 Å². The maximum Gasteiger partial charge on any atom is 0.391 e. The van der Waals surface area contributed by atoms with Crippen molar-refractivity contribution in [3.8, 4) is 0 Å². The lowest BCUT2D eigenvalue weighted by atomic mass is 10.1. The molecule has 2 nitrogen and oxygen atoms in total. The normalized spacial score (nSPS) is 13.9. The molecule has 0 aromatic heterocycles. The summed E-state index contributed by atoms with van der Waals surface area (Å²) in [6, 6.07) is 6.22. The van der Waals surface area contributed by atoms with Crippen molar-refractivity contribution in [2.45, 2.75) is 44.8 Å². The molecular weight excluding hydrogens is 321 g/mol. The van der Waals surface area contributed by atoms with Crippen LogP contribution in [0.5, 0.6) is 0 Å². The molecule has 0 aliphatic rings. The van der Waals surface area contributed by atoms with Crippen LogP contribution in [0.25, 0.3) is 0 Å². The highest BCUT2D eigenvalue weighted by molar-refractivity contribution is 9.10. The Balaban J connectivity index is 2.70. The second-order valence-corrected chi connectivity index (χ2v) is 5.23. The van der Waals surface area contributed by atoms with E-state index < -0.39 is 18.6 Å². The summed E-state index contributed by atoms with van der Waals surface area (Å²) in [5.74, 6) is 0. The van der Waals surface area contributed by atoms with E-state index >= 15 is 0 Å². The number of benzene rings is 1. The zero-order valence-corrected chi connectivity index (χ0v) is 12.2. The van der Waals surface area contributed by atoms with Gasteiger partial charge in [-0.25, -0.2) is 0 Å². The van der Waals surface area contributed by atoms with Gasteiger partial charge in [0.05, 0.1) is 18.2 Å². The minimum absolute atomic E-state index is 0.410. The van der Waals surface area contributed by atoms with Crippen LogP contribution in [-0.2, 0) is 0 Å². The molecule has 0 radical (unpaired) electrons. The van der Waals surface area contributed by atoms with Gasteiger partial charge in [-0.05, 0) is 24.6 Å². The third-order valence-electron chi connectivity index (χ3n) is 2.50. The minimum Gasteiger partial charge on any atom is -0.185 e. The number of hydrogen-bond donors (Lipinski definition) is 0. The smallest absolute Gasteiger partial charge is 0.185 e. The molecule has 1 aromatic rings. The van der Waals surface area contributed by atoms with Gasteiger partial charge in [0, 0.05) is 4.47 Å². The van der Waals surface area contributed by atoms with E-state index in [1.165, 1.54) is 0 Å². The molecule has 1 aromatic carbocycles. The van der Waals surface area contributed by atoms with E-state index in [1.807, 2.05) is 13.0 Å².